The van der Waals surface area contributed by atoms with Crippen LogP contribution in [0.1, 0.15) is 40.0 Å². The van der Waals surface area contributed by atoms with Crippen LogP contribution in [0.5, 0.6) is 0 Å². The minimum atomic E-state index is 0.302. The fourth-order valence-electron chi connectivity index (χ4n) is 2.43. The molecule has 0 radical (unpaired) electrons. The van der Waals surface area contributed by atoms with Gasteiger partial charge in [-0.15, -0.1) is 0 Å². The number of hydrogen-bond donors (Lipinski definition) is 0. The summed E-state index contributed by atoms with van der Waals surface area (Å²) in [5, 5.41) is 0. The highest BCUT2D eigenvalue weighted by Gasteiger charge is 2.30. The zero-order valence-corrected chi connectivity index (χ0v) is 10.6. The molecule has 1 aliphatic carbocycles. The average molecular weight is 211 g/mol. The number of ketones is 1. The van der Waals surface area contributed by atoms with Crippen LogP contribution in [0.4, 0.5) is 0 Å². The van der Waals surface area contributed by atoms with Crippen molar-refractivity contribution in [3.63, 3.8) is 0 Å². The van der Waals surface area contributed by atoms with Crippen LogP contribution in [-0.2, 0) is 4.79 Å². The molecule has 0 spiro atoms. The van der Waals surface area contributed by atoms with Gasteiger partial charge in [0, 0.05) is 18.9 Å². The Labute approximate surface area is 94.0 Å². The molecule has 0 aromatic carbocycles. The molecule has 1 fully saturated rings. The van der Waals surface area contributed by atoms with Crippen molar-refractivity contribution in [1.29, 1.82) is 0 Å². The number of Topliss-reactive ketones (excluding diaryl/α,β-unsaturated/α-hetero) is 1. The fraction of sp³-hybridized carbons (Fsp3) is 0.923. The van der Waals surface area contributed by atoms with Crippen LogP contribution in [-0.4, -0.2) is 30.8 Å². The number of hydrogen-bond acceptors (Lipinski definition) is 2. The van der Waals surface area contributed by atoms with Gasteiger partial charge in [0.1, 0.15) is 5.78 Å². The van der Waals surface area contributed by atoms with E-state index in [1.807, 2.05) is 0 Å². The first-order valence-corrected chi connectivity index (χ1v) is 6.25. The second-order valence-corrected chi connectivity index (χ2v) is 5.30. The first-order valence-electron chi connectivity index (χ1n) is 6.25. The van der Waals surface area contributed by atoms with Gasteiger partial charge in [0.25, 0.3) is 0 Å². The second-order valence-electron chi connectivity index (χ2n) is 5.30. The summed E-state index contributed by atoms with van der Waals surface area (Å²) >= 11 is 0. The van der Waals surface area contributed by atoms with Crippen LogP contribution in [0.2, 0.25) is 0 Å². The Morgan fingerprint density at radius 3 is 2.67 bits per heavy atom. The van der Waals surface area contributed by atoms with E-state index in [-0.39, 0.29) is 0 Å². The van der Waals surface area contributed by atoms with Crippen molar-refractivity contribution >= 4 is 5.78 Å². The van der Waals surface area contributed by atoms with Gasteiger partial charge in [-0.25, -0.2) is 0 Å². The molecule has 1 aliphatic rings. The van der Waals surface area contributed by atoms with Gasteiger partial charge in [0.2, 0.25) is 0 Å². The predicted octanol–water partition coefficient (Wildman–Crippen LogP) is 2.58. The van der Waals surface area contributed by atoms with E-state index in [4.69, 9.17) is 0 Å². The van der Waals surface area contributed by atoms with Crippen LogP contribution in [0, 0.1) is 17.8 Å². The molecule has 2 nitrogen and oxygen atoms in total. The molecule has 88 valence electrons. The Hall–Kier alpha value is -0.370. The average Bonchev–Trinajstić information content (AvgIpc) is 2.20. The highest BCUT2D eigenvalue weighted by Crippen LogP contribution is 2.31. The lowest BCUT2D eigenvalue weighted by Gasteiger charge is -2.32. The number of carbonyl (C=O) groups excluding carboxylic acids is 1. The van der Waals surface area contributed by atoms with Crippen molar-refractivity contribution in [3.8, 4) is 0 Å². The summed E-state index contributed by atoms with van der Waals surface area (Å²) in [6.45, 7) is 8.70. The third kappa shape index (κ3) is 3.60. The van der Waals surface area contributed by atoms with Crippen LogP contribution in [0.3, 0.4) is 0 Å². The maximum absolute atomic E-state index is 11.8. The largest absolute Gasteiger partial charge is 0.306 e. The Morgan fingerprint density at radius 1 is 1.47 bits per heavy atom. The molecule has 0 aromatic heterocycles. The molecule has 1 saturated carbocycles. The minimum Gasteiger partial charge on any atom is -0.306 e. The van der Waals surface area contributed by atoms with E-state index in [1.165, 1.54) is 0 Å². The summed E-state index contributed by atoms with van der Waals surface area (Å²) in [4.78, 5) is 14.0. The highest BCUT2D eigenvalue weighted by molar-refractivity contribution is 5.81. The third-order valence-electron chi connectivity index (χ3n) is 3.82. The van der Waals surface area contributed by atoms with Gasteiger partial charge < -0.3 is 4.90 Å². The molecule has 0 heterocycles. The Kier molecular flexibility index (Phi) is 4.78. The maximum atomic E-state index is 11.8. The summed E-state index contributed by atoms with van der Waals surface area (Å²) < 4.78 is 0. The normalized spacial score (nSPS) is 27.7. The van der Waals surface area contributed by atoms with E-state index in [2.05, 4.69) is 32.7 Å². The molecule has 2 atom stereocenters. The van der Waals surface area contributed by atoms with E-state index in [9.17, 15) is 4.79 Å². The Bertz CT molecular complexity index is 213. The van der Waals surface area contributed by atoms with E-state index in [0.717, 1.165) is 44.2 Å². The quantitative estimate of drug-likeness (QED) is 0.712. The van der Waals surface area contributed by atoms with Crippen LogP contribution in [0.25, 0.3) is 0 Å². The van der Waals surface area contributed by atoms with Crippen molar-refractivity contribution in [1.82, 2.24) is 4.90 Å². The van der Waals surface area contributed by atoms with Gasteiger partial charge in [-0.05, 0) is 38.3 Å². The van der Waals surface area contributed by atoms with Gasteiger partial charge in [0.05, 0.1) is 0 Å². The van der Waals surface area contributed by atoms with Gasteiger partial charge in [-0.2, -0.15) is 0 Å². The topological polar surface area (TPSA) is 20.3 Å². The van der Waals surface area contributed by atoms with E-state index < -0.39 is 0 Å². The molecule has 0 bridgehead atoms. The zero-order chi connectivity index (χ0) is 11.4. The fourth-order valence-corrected chi connectivity index (χ4v) is 2.43. The predicted molar refractivity (Wildman–Crippen MR) is 63.8 cm³/mol. The van der Waals surface area contributed by atoms with E-state index >= 15 is 0 Å². The van der Waals surface area contributed by atoms with Gasteiger partial charge in [0.15, 0.2) is 0 Å². The molecule has 2 heteroatoms. The maximum Gasteiger partial charge on any atom is 0.137 e. The van der Waals surface area contributed by atoms with Gasteiger partial charge in [-0.3, -0.25) is 4.79 Å². The first-order chi connectivity index (χ1) is 7.04. The molecule has 2 unspecified atom stereocenters. The molecule has 0 aromatic rings. The summed E-state index contributed by atoms with van der Waals surface area (Å²) in [6, 6.07) is 0. The van der Waals surface area contributed by atoms with E-state index in [1.54, 1.807) is 0 Å². The molecule has 1 rings (SSSR count). The Balaban J connectivity index is 2.50. The molecule has 0 amide bonds. The van der Waals surface area contributed by atoms with Crippen LogP contribution in [0.15, 0.2) is 0 Å². The molecule has 0 saturated heterocycles. The first kappa shape index (κ1) is 12.7. The zero-order valence-electron chi connectivity index (χ0n) is 10.6. The minimum absolute atomic E-state index is 0.302. The third-order valence-corrected chi connectivity index (χ3v) is 3.82. The van der Waals surface area contributed by atoms with Crippen molar-refractivity contribution in [3.05, 3.63) is 0 Å². The highest BCUT2D eigenvalue weighted by atomic mass is 16.1. The molecule has 0 N–H and O–H groups in total. The Morgan fingerprint density at radius 2 is 2.13 bits per heavy atom. The van der Waals surface area contributed by atoms with E-state index in [0.29, 0.717) is 11.7 Å². The van der Waals surface area contributed by atoms with Crippen LogP contribution < -0.4 is 0 Å². The lowest BCUT2D eigenvalue weighted by molar-refractivity contribution is -0.126. The number of rotatable bonds is 4. The van der Waals surface area contributed by atoms with Crippen molar-refractivity contribution in [2.24, 2.45) is 17.8 Å². The monoisotopic (exact) mass is 211 g/mol. The molecule has 15 heavy (non-hydrogen) atoms. The molecular weight excluding hydrogens is 186 g/mol. The van der Waals surface area contributed by atoms with Crippen LogP contribution >= 0.6 is 0 Å². The second kappa shape index (κ2) is 5.64. The lowest BCUT2D eigenvalue weighted by Crippen LogP contribution is -2.35. The number of carbonyl (C=O) groups is 1. The van der Waals surface area contributed by atoms with Crippen molar-refractivity contribution in [2.45, 2.75) is 40.0 Å². The summed E-state index contributed by atoms with van der Waals surface area (Å²) in [6.07, 6.45) is 3.04. The summed E-state index contributed by atoms with van der Waals surface area (Å²) in [5.41, 5.74) is 0. The van der Waals surface area contributed by atoms with Gasteiger partial charge >= 0.3 is 0 Å². The van der Waals surface area contributed by atoms with Crippen molar-refractivity contribution < 1.29 is 4.79 Å². The molecule has 0 aliphatic heterocycles. The lowest BCUT2D eigenvalue weighted by atomic mass is 9.75. The SMILES string of the molecule is CCN(C)CC1CC(C(C)C)CCC1=O. The van der Waals surface area contributed by atoms with Gasteiger partial charge in [-0.1, -0.05) is 20.8 Å². The molecular formula is C13H25NO. The smallest absolute Gasteiger partial charge is 0.137 e. The standard InChI is InChI=1S/C13H25NO/c1-5-14(4)9-12-8-11(10(2)3)6-7-13(12)15/h10-12H,5-9H2,1-4H3. The summed E-state index contributed by atoms with van der Waals surface area (Å²) in [7, 11) is 2.10. The van der Waals surface area contributed by atoms with Crippen molar-refractivity contribution in [2.75, 3.05) is 20.1 Å². The number of nitrogens with zero attached hydrogens (tertiary/aromatic N) is 1. The summed E-state index contributed by atoms with van der Waals surface area (Å²) in [5.74, 6) is 2.29.